The van der Waals surface area contributed by atoms with Gasteiger partial charge in [-0.25, -0.2) is 18.4 Å². The molecule has 0 aliphatic rings. The number of hydrogen-bond acceptors (Lipinski definition) is 10. The minimum atomic E-state index is -3.92. The van der Waals surface area contributed by atoms with Gasteiger partial charge in [0.1, 0.15) is 23.1 Å². The van der Waals surface area contributed by atoms with Gasteiger partial charge in [0.25, 0.3) is 10.0 Å². The topological polar surface area (TPSA) is 173 Å². The molecule has 2 rings (SSSR count). The number of nitriles is 1. The van der Waals surface area contributed by atoms with E-state index in [0.29, 0.717) is 18.9 Å². The van der Waals surface area contributed by atoms with Gasteiger partial charge in [-0.3, -0.25) is 4.72 Å². The molecule has 2 aromatic heterocycles. The molecule has 0 bridgehead atoms. The van der Waals surface area contributed by atoms with Crippen LogP contribution < -0.4 is 21.5 Å². The van der Waals surface area contributed by atoms with E-state index in [1.165, 1.54) is 18.6 Å². The summed E-state index contributed by atoms with van der Waals surface area (Å²) in [6.45, 7) is 7.35. The predicted molar refractivity (Wildman–Crippen MR) is 117 cm³/mol. The number of rotatable bonds is 11. The minimum absolute atomic E-state index is 0.0362. The number of nitrogens with two attached hydrogens (primary N) is 2. The first-order valence-corrected chi connectivity index (χ1v) is 11.7. The van der Waals surface area contributed by atoms with Crippen LogP contribution in [-0.2, 0) is 10.0 Å². The molecule has 12 heteroatoms. The summed E-state index contributed by atoms with van der Waals surface area (Å²) >= 11 is 0.911. The van der Waals surface area contributed by atoms with Crippen LogP contribution in [0.2, 0.25) is 0 Å². The zero-order valence-corrected chi connectivity index (χ0v) is 18.9. The first kappa shape index (κ1) is 23.9. The van der Waals surface area contributed by atoms with E-state index >= 15 is 0 Å². The molecule has 0 radical (unpaired) electrons. The lowest BCUT2D eigenvalue weighted by Crippen LogP contribution is -2.36. The molecule has 0 aliphatic carbocycles. The maximum absolute atomic E-state index is 12.5. The van der Waals surface area contributed by atoms with Crippen LogP contribution in [0.25, 0.3) is 0 Å². The molecule has 0 saturated heterocycles. The first-order chi connectivity index (χ1) is 14.1. The molecular weight excluding hydrogens is 424 g/mol. The van der Waals surface area contributed by atoms with Gasteiger partial charge < -0.3 is 16.8 Å². The van der Waals surface area contributed by atoms with Crippen molar-refractivity contribution in [2.24, 2.45) is 22.8 Å². The third kappa shape index (κ3) is 6.60. The van der Waals surface area contributed by atoms with Gasteiger partial charge in [0, 0.05) is 30.3 Å². The second-order valence-corrected chi connectivity index (χ2v) is 10.4. The molecule has 0 aromatic carbocycles. The van der Waals surface area contributed by atoms with Crippen molar-refractivity contribution in [3.8, 4) is 6.07 Å². The van der Waals surface area contributed by atoms with Crippen molar-refractivity contribution < 1.29 is 8.42 Å². The van der Waals surface area contributed by atoms with Crippen molar-refractivity contribution in [2.75, 3.05) is 23.1 Å². The van der Waals surface area contributed by atoms with Crippen LogP contribution in [0.3, 0.4) is 0 Å². The lowest BCUT2D eigenvalue weighted by atomic mass is 9.78. The SMILES string of the molecule is C[C@@H](N)C(CNc1ncc(S(=O)(=O)Nc2ncns2)cc1C#N)CC(C)(C)CCN. The van der Waals surface area contributed by atoms with Crippen molar-refractivity contribution in [3.05, 3.63) is 24.2 Å². The zero-order valence-electron chi connectivity index (χ0n) is 17.3. The highest BCUT2D eigenvalue weighted by Gasteiger charge is 2.26. The van der Waals surface area contributed by atoms with Gasteiger partial charge in [0.2, 0.25) is 5.13 Å². The van der Waals surface area contributed by atoms with Crippen LogP contribution in [0.5, 0.6) is 0 Å². The summed E-state index contributed by atoms with van der Waals surface area (Å²) in [4.78, 5) is 7.83. The number of aromatic nitrogens is 3. The number of sulfonamides is 1. The Morgan fingerprint density at radius 1 is 1.37 bits per heavy atom. The molecule has 164 valence electrons. The van der Waals surface area contributed by atoms with Gasteiger partial charge in [-0.1, -0.05) is 13.8 Å². The second kappa shape index (κ2) is 10.1. The van der Waals surface area contributed by atoms with E-state index in [9.17, 15) is 13.7 Å². The van der Waals surface area contributed by atoms with E-state index in [2.05, 4.69) is 38.2 Å². The third-order valence-electron chi connectivity index (χ3n) is 4.79. The van der Waals surface area contributed by atoms with Gasteiger partial charge in [-0.05, 0) is 43.7 Å². The fourth-order valence-corrected chi connectivity index (χ4v) is 4.72. The van der Waals surface area contributed by atoms with Gasteiger partial charge in [0.15, 0.2) is 0 Å². The molecule has 0 saturated carbocycles. The van der Waals surface area contributed by atoms with E-state index in [0.717, 1.165) is 24.4 Å². The zero-order chi connectivity index (χ0) is 22.4. The molecule has 2 aromatic rings. The number of nitrogens with zero attached hydrogens (tertiary/aromatic N) is 4. The van der Waals surface area contributed by atoms with Crippen LogP contribution in [0.1, 0.15) is 39.2 Å². The van der Waals surface area contributed by atoms with Gasteiger partial charge in [-0.15, -0.1) is 0 Å². The molecule has 0 fully saturated rings. The quantitative estimate of drug-likeness (QED) is 0.396. The Bertz CT molecular complexity index is 969. The molecule has 0 aliphatic heterocycles. The summed E-state index contributed by atoms with van der Waals surface area (Å²) in [5.74, 6) is 0.442. The Morgan fingerprint density at radius 2 is 2.10 bits per heavy atom. The highest BCUT2D eigenvalue weighted by Crippen LogP contribution is 2.30. The van der Waals surface area contributed by atoms with E-state index in [1.807, 2.05) is 13.0 Å². The van der Waals surface area contributed by atoms with E-state index in [4.69, 9.17) is 11.5 Å². The first-order valence-electron chi connectivity index (χ1n) is 9.47. The lowest BCUT2D eigenvalue weighted by Gasteiger charge is -2.32. The largest absolute Gasteiger partial charge is 0.369 e. The molecule has 2 atom stereocenters. The van der Waals surface area contributed by atoms with Crippen LogP contribution in [0.15, 0.2) is 23.5 Å². The Hall–Kier alpha value is -2.33. The number of nitrogens with one attached hydrogen (secondary N) is 2. The summed E-state index contributed by atoms with van der Waals surface area (Å²) < 4.78 is 31.0. The molecule has 1 unspecified atom stereocenters. The van der Waals surface area contributed by atoms with Crippen LogP contribution in [0, 0.1) is 22.7 Å². The summed E-state index contributed by atoms with van der Waals surface area (Å²) in [7, 11) is -3.92. The number of pyridine rings is 1. The maximum atomic E-state index is 12.5. The van der Waals surface area contributed by atoms with Crippen molar-refractivity contribution in [1.82, 2.24) is 14.3 Å². The highest BCUT2D eigenvalue weighted by molar-refractivity contribution is 7.93. The van der Waals surface area contributed by atoms with Crippen LogP contribution in [-0.4, -0.2) is 41.9 Å². The van der Waals surface area contributed by atoms with Crippen molar-refractivity contribution >= 4 is 32.5 Å². The number of hydrogen-bond donors (Lipinski definition) is 4. The van der Waals surface area contributed by atoms with E-state index in [-0.39, 0.29) is 33.0 Å². The van der Waals surface area contributed by atoms with Crippen molar-refractivity contribution in [2.45, 2.75) is 44.6 Å². The molecule has 0 amide bonds. The number of anilines is 2. The van der Waals surface area contributed by atoms with Gasteiger partial charge >= 0.3 is 0 Å². The summed E-state index contributed by atoms with van der Waals surface area (Å²) in [6, 6.07) is 3.20. The lowest BCUT2D eigenvalue weighted by molar-refractivity contribution is 0.239. The van der Waals surface area contributed by atoms with Crippen LogP contribution in [0.4, 0.5) is 10.9 Å². The highest BCUT2D eigenvalue weighted by atomic mass is 32.2. The Labute approximate surface area is 181 Å². The third-order valence-corrected chi connectivity index (χ3v) is 6.80. The Morgan fingerprint density at radius 3 is 2.67 bits per heavy atom. The average Bonchev–Trinajstić information content (AvgIpc) is 3.16. The molecule has 30 heavy (non-hydrogen) atoms. The minimum Gasteiger partial charge on any atom is -0.369 e. The normalized spacial score (nSPS) is 14.0. The standard InChI is InChI=1S/C18H28N8O2S2/c1-12(21)14(7-18(2,3)4-5-19)9-22-16-13(8-20)6-15(10-23-16)30(27,28)26-17-24-11-25-29-17/h6,10-12,14H,4-5,7,9,19,21H2,1-3H3,(H,22,23)(H,24,25,26)/t12-,14?/m1/s1. The maximum Gasteiger partial charge on any atom is 0.265 e. The monoisotopic (exact) mass is 452 g/mol. The summed E-state index contributed by atoms with van der Waals surface area (Å²) in [5.41, 5.74) is 12.0. The molecule has 2 heterocycles. The predicted octanol–water partition coefficient (Wildman–Crippen LogP) is 1.75. The smallest absolute Gasteiger partial charge is 0.265 e. The van der Waals surface area contributed by atoms with E-state index in [1.54, 1.807) is 0 Å². The molecule has 6 N–H and O–H groups in total. The summed E-state index contributed by atoms with van der Waals surface area (Å²) in [5, 5.41) is 12.8. The van der Waals surface area contributed by atoms with Gasteiger partial charge in [-0.2, -0.15) is 9.64 Å². The fraction of sp³-hybridized carbons (Fsp3) is 0.556. The van der Waals surface area contributed by atoms with Crippen LogP contribution >= 0.6 is 11.5 Å². The second-order valence-electron chi connectivity index (χ2n) is 7.94. The van der Waals surface area contributed by atoms with Crippen molar-refractivity contribution in [1.29, 1.82) is 5.26 Å². The van der Waals surface area contributed by atoms with Crippen molar-refractivity contribution in [3.63, 3.8) is 0 Å². The van der Waals surface area contributed by atoms with Gasteiger partial charge in [0.05, 0.1) is 5.56 Å². The Balaban J connectivity index is 2.15. The Kier molecular flexibility index (Phi) is 8.08. The molecule has 10 nitrogen and oxygen atoms in total. The van der Waals surface area contributed by atoms with E-state index < -0.39 is 10.0 Å². The molecular formula is C18H28N8O2S2. The fourth-order valence-electron chi connectivity index (χ4n) is 3.08. The summed E-state index contributed by atoms with van der Waals surface area (Å²) in [6.07, 6.45) is 4.19. The molecule has 0 spiro atoms. The average molecular weight is 453 g/mol.